The molecule has 1 aromatic heterocycles. The number of amides is 1. The molecule has 0 aliphatic carbocycles. The van der Waals surface area contributed by atoms with E-state index in [2.05, 4.69) is 15.2 Å². The molecule has 2 heterocycles. The maximum Gasteiger partial charge on any atom is 0.490 e. The van der Waals surface area contributed by atoms with Crippen LogP contribution in [-0.2, 0) is 16.1 Å². The Kier molecular flexibility index (Phi) is 7.38. The van der Waals surface area contributed by atoms with E-state index >= 15 is 0 Å². The van der Waals surface area contributed by atoms with Crippen molar-refractivity contribution >= 4 is 22.6 Å². The Morgan fingerprint density at radius 3 is 2.45 bits per heavy atom. The van der Waals surface area contributed by atoms with Crippen molar-refractivity contribution in [3.63, 3.8) is 0 Å². The molecule has 1 fully saturated rings. The van der Waals surface area contributed by atoms with Crippen LogP contribution in [0, 0.1) is 0 Å². The fraction of sp³-hybridized carbons (Fsp3) is 0.421. The molecule has 0 bridgehead atoms. The van der Waals surface area contributed by atoms with Crippen molar-refractivity contribution in [2.45, 2.75) is 38.0 Å². The molecule has 0 spiro atoms. The highest BCUT2D eigenvalue weighted by Crippen LogP contribution is 2.22. The molecule has 7 nitrogen and oxygen atoms in total. The van der Waals surface area contributed by atoms with E-state index in [9.17, 15) is 22.8 Å². The summed E-state index contributed by atoms with van der Waals surface area (Å²) in [5.74, 6) is -2.68. The molecule has 1 aromatic carbocycles. The molecule has 1 atom stereocenters. The summed E-state index contributed by atoms with van der Waals surface area (Å²) in [4.78, 5) is 37.9. The second kappa shape index (κ2) is 9.55. The molecule has 1 saturated heterocycles. The monoisotopic (exact) mass is 413 g/mol. The summed E-state index contributed by atoms with van der Waals surface area (Å²) in [6.07, 6.45) is -0.225. The Hall–Kier alpha value is -2.88. The normalized spacial score (nSPS) is 17.3. The van der Waals surface area contributed by atoms with Gasteiger partial charge in [0, 0.05) is 25.2 Å². The van der Waals surface area contributed by atoms with Gasteiger partial charge in [0.05, 0.1) is 6.04 Å². The van der Waals surface area contributed by atoms with Gasteiger partial charge in [0.15, 0.2) is 0 Å². The number of likely N-dealkylation sites (N-methyl/N-ethyl adjacent to an activating group) is 1. The smallest absolute Gasteiger partial charge is 0.475 e. The van der Waals surface area contributed by atoms with Gasteiger partial charge in [-0.3, -0.25) is 14.5 Å². The van der Waals surface area contributed by atoms with E-state index in [1.165, 1.54) is 0 Å². The summed E-state index contributed by atoms with van der Waals surface area (Å²) in [5.41, 5.74) is 0.992. The number of alkyl halides is 3. The van der Waals surface area contributed by atoms with Crippen molar-refractivity contribution < 1.29 is 27.9 Å². The van der Waals surface area contributed by atoms with Gasteiger partial charge < -0.3 is 15.4 Å². The first-order valence-electron chi connectivity index (χ1n) is 9.00. The quantitative estimate of drug-likeness (QED) is 0.717. The van der Waals surface area contributed by atoms with Crippen molar-refractivity contribution in [3.05, 3.63) is 46.4 Å². The number of carbonyl (C=O) groups is 2. The number of carboxylic acid groups (broad SMARTS) is 1. The maximum atomic E-state index is 12.1. The molecule has 0 saturated carbocycles. The van der Waals surface area contributed by atoms with E-state index < -0.39 is 12.1 Å². The highest BCUT2D eigenvalue weighted by Gasteiger charge is 2.38. The number of benzene rings is 1. The minimum absolute atomic E-state index is 0.0687. The number of rotatable bonds is 3. The van der Waals surface area contributed by atoms with Crippen LogP contribution in [0.4, 0.5) is 13.2 Å². The SMILES string of the molecule is CNC(=O)C1CCCCN1Cc1c[nH]c(=O)c2ccccc12.O=C(O)C(F)(F)F. The van der Waals surface area contributed by atoms with Gasteiger partial charge in [0.2, 0.25) is 5.91 Å². The summed E-state index contributed by atoms with van der Waals surface area (Å²) >= 11 is 0. The third kappa shape index (κ3) is 5.80. The fourth-order valence-electron chi connectivity index (χ4n) is 3.26. The van der Waals surface area contributed by atoms with E-state index in [4.69, 9.17) is 9.90 Å². The number of aliphatic carboxylic acids is 1. The zero-order chi connectivity index (χ0) is 21.6. The van der Waals surface area contributed by atoms with Gasteiger partial charge in [-0.25, -0.2) is 4.79 Å². The van der Waals surface area contributed by atoms with Crippen molar-refractivity contribution in [3.8, 4) is 0 Å². The summed E-state index contributed by atoms with van der Waals surface area (Å²) < 4.78 is 31.7. The van der Waals surface area contributed by atoms with Crippen LogP contribution >= 0.6 is 0 Å². The van der Waals surface area contributed by atoms with E-state index in [1.807, 2.05) is 24.3 Å². The number of halogens is 3. The molecular formula is C19H22F3N3O4. The molecule has 1 aliphatic heterocycles. The number of carbonyl (C=O) groups excluding carboxylic acids is 1. The van der Waals surface area contributed by atoms with E-state index in [0.29, 0.717) is 11.9 Å². The third-order valence-electron chi connectivity index (χ3n) is 4.67. The van der Waals surface area contributed by atoms with Gasteiger partial charge in [-0.2, -0.15) is 13.2 Å². The van der Waals surface area contributed by atoms with E-state index in [-0.39, 0.29) is 17.5 Å². The summed E-state index contributed by atoms with van der Waals surface area (Å²) in [6.45, 7) is 1.58. The average molecular weight is 413 g/mol. The lowest BCUT2D eigenvalue weighted by molar-refractivity contribution is -0.192. The summed E-state index contributed by atoms with van der Waals surface area (Å²) in [5, 5.41) is 11.6. The largest absolute Gasteiger partial charge is 0.490 e. The van der Waals surface area contributed by atoms with E-state index in [1.54, 1.807) is 13.2 Å². The van der Waals surface area contributed by atoms with Gasteiger partial charge >= 0.3 is 12.1 Å². The van der Waals surface area contributed by atoms with E-state index in [0.717, 1.165) is 36.8 Å². The number of carboxylic acids is 1. The second-order valence-corrected chi connectivity index (χ2v) is 6.59. The first-order chi connectivity index (χ1) is 13.6. The van der Waals surface area contributed by atoms with Crippen LogP contribution in [0.25, 0.3) is 10.8 Å². The van der Waals surface area contributed by atoms with Gasteiger partial charge in [-0.15, -0.1) is 0 Å². The standard InChI is InChI=1S/C17H21N3O2.C2HF3O2/c1-18-17(22)15-8-4-5-9-20(15)11-12-10-19-16(21)14-7-3-2-6-13(12)14;3-2(4,5)1(6)7/h2-3,6-7,10,15H,4-5,8-9,11H2,1H3,(H,18,22)(H,19,21);(H,6,7). The number of nitrogens with zero attached hydrogens (tertiary/aromatic N) is 1. The Bertz CT molecular complexity index is 927. The number of H-pyrrole nitrogens is 1. The molecule has 1 aliphatic rings. The Balaban J connectivity index is 0.000000370. The van der Waals surface area contributed by atoms with Crippen LogP contribution in [0.2, 0.25) is 0 Å². The minimum atomic E-state index is -5.08. The first kappa shape index (κ1) is 22.4. The Labute approximate surface area is 164 Å². The Morgan fingerprint density at radius 1 is 1.24 bits per heavy atom. The van der Waals surface area contributed by atoms with Crippen LogP contribution < -0.4 is 10.9 Å². The van der Waals surface area contributed by atoms with Crippen molar-refractivity contribution in [1.29, 1.82) is 0 Å². The summed E-state index contributed by atoms with van der Waals surface area (Å²) in [6, 6.07) is 7.54. The lowest BCUT2D eigenvalue weighted by Gasteiger charge is -2.34. The zero-order valence-electron chi connectivity index (χ0n) is 15.8. The molecule has 2 aromatic rings. The third-order valence-corrected chi connectivity index (χ3v) is 4.67. The maximum absolute atomic E-state index is 12.1. The van der Waals surface area contributed by atoms with Crippen LogP contribution in [-0.4, -0.2) is 52.7 Å². The molecule has 1 amide bonds. The lowest BCUT2D eigenvalue weighted by Crippen LogP contribution is -2.48. The zero-order valence-corrected chi connectivity index (χ0v) is 15.8. The van der Waals surface area contributed by atoms with Gasteiger partial charge in [0.1, 0.15) is 0 Å². The predicted octanol–water partition coefficient (Wildman–Crippen LogP) is 2.26. The van der Waals surface area contributed by atoms with Crippen LogP contribution in [0.5, 0.6) is 0 Å². The molecule has 3 N–H and O–H groups in total. The molecule has 158 valence electrons. The topological polar surface area (TPSA) is 103 Å². The predicted molar refractivity (Wildman–Crippen MR) is 100 cm³/mol. The molecule has 29 heavy (non-hydrogen) atoms. The van der Waals surface area contributed by atoms with Crippen molar-refractivity contribution in [1.82, 2.24) is 15.2 Å². The second-order valence-electron chi connectivity index (χ2n) is 6.59. The highest BCUT2D eigenvalue weighted by atomic mass is 19.4. The van der Waals surface area contributed by atoms with Crippen molar-refractivity contribution in [2.24, 2.45) is 0 Å². The number of aromatic nitrogens is 1. The summed E-state index contributed by atoms with van der Waals surface area (Å²) in [7, 11) is 1.69. The van der Waals surface area contributed by atoms with Crippen LogP contribution in [0.3, 0.4) is 0 Å². The Morgan fingerprint density at radius 2 is 1.86 bits per heavy atom. The fourth-order valence-corrected chi connectivity index (χ4v) is 3.26. The van der Waals surface area contributed by atoms with Gasteiger partial charge in [0.25, 0.3) is 5.56 Å². The highest BCUT2D eigenvalue weighted by molar-refractivity contribution is 5.85. The molecule has 10 heteroatoms. The number of aromatic amines is 1. The molecule has 0 radical (unpaired) electrons. The molecule has 3 rings (SSSR count). The van der Waals surface area contributed by atoms with Crippen molar-refractivity contribution in [2.75, 3.05) is 13.6 Å². The molecular weight excluding hydrogens is 391 g/mol. The van der Waals surface area contributed by atoms with Crippen LogP contribution in [0.1, 0.15) is 24.8 Å². The number of nitrogens with one attached hydrogen (secondary N) is 2. The average Bonchev–Trinajstić information content (AvgIpc) is 2.70. The number of hydrogen-bond acceptors (Lipinski definition) is 4. The number of fused-ring (bicyclic) bond motifs is 1. The number of piperidine rings is 1. The minimum Gasteiger partial charge on any atom is -0.475 e. The van der Waals surface area contributed by atoms with Crippen LogP contribution in [0.15, 0.2) is 35.3 Å². The van der Waals surface area contributed by atoms with Gasteiger partial charge in [-0.05, 0) is 36.4 Å². The lowest BCUT2D eigenvalue weighted by atomic mass is 9.99. The number of likely N-dealkylation sites (tertiary alicyclic amines) is 1. The molecule has 1 unspecified atom stereocenters. The number of pyridine rings is 1. The van der Waals surface area contributed by atoms with Gasteiger partial charge in [-0.1, -0.05) is 24.6 Å². The number of hydrogen-bond donors (Lipinski definition) is 3. The first-order valence-corrected chi connectivity index (χ1v) is 9.00.